The standard InChI is InChI=1S/C23H25ClN2O6S/c1-23(2)21(27)20(30-22-16-8-6-14(24)12-19(16)32-25-22)17-13-15(7-9-18(17)31-23)33(28,29)26-10-4-3-5-11-26/h6-9,12-13,20-21,27H,3-5,10-11H2,1-2H3/t20-,21+/m1/s1. The first-order chi connectivity index (χ1) is 15.7. The number of halogens is 1. The topological polar surface area (TPSA) is 102 Å². The average Bonchev–Trinajstić information content (AvgIpc) is 3.18. The van der Waals surface area contributed by atoms with Crippen molar-refractivity contribution in [3.05, 3.63) is 47.0 Å². The molecule has 2 aliphatic heterocycles. The lowest BCUT2D eigenvalue weighted by Gasteiger charge is -2.41. The van der Waals surface area contributed by atoms with E-state index in [1.54, 1.807) is 44.2 Å². The van der Waals surface area contributed by atoms with E-state index in [9.17, 15) is 13.5 Å². The SMILES string of the molecule is CC1(C)Oc2ccc(S(=O)(=O)N3CCCCC3)cc2[C@@H](Oc2noc3cc(Cl)ccc23)[C@@H]1O. The van der Waals surface area contributed by atoms with Crippen molar-refractivity contribution in [3.8, 4) is 11.6 Å². The molecule has 3 aromatic rings. The van der Waals surface area contributed by atoms with E-state index in [0.717, 1.165) is 19.3 Å². The molecule has 0 amide bonds. The molecule has 5 rings (SSSR count). The van der Waals surface area contributed by atoms with E-state index >= 15 is 0 Å². The Balaban J connectivity index is 1.56. The van der Waals surface area contributed by atoms with Crippen LogP contribution in [-0.4, -0.2) is 47.8 Å². The van der Waals surface area contributed by atoms with Crippen molar-refractivity contribution in [2.45, 2.75) is 55.8 Å². The summed E-state index contributed by atoms with van der Waals surface area (Å²) in [6.45, 7) is 4.49. The molecule has 33 heavy (non-hydrogen) atoms. The van der Waals surface area contributed by atoms with E-state index < -0.39 is 27.8 Å². The largest absolute Gasteiger partial charge is 0.485 e. The van der Waals surface area contributed by atoms with Crippen LogP contribution in [0.4, 0.5) is 0 Å². The maximum Gasteiger partial charge on any atom is 0.262 e. The monoisotopic (exact) mass is 492 g/mol. The smallest absolute Gasteiger partial charge is 0.262 e. The van der Waals surface area contributed by atoms with Crippen molar-refractivity contribution in [3.63, 3.8) is 0 Å². The summed E-state index contributed by atoms with van der Waals surface area (Å²) in [6, 6.07) is 9.73. The van der Waals surface area contributed by atoms with Gasteiger partial charge in [-0.25, -0.2) is 8.42 Å². The number of rotatable bonds is 4. The number of hydrogen-bond donors (Lipinski definition) is 1. The number of sulfonamides is 1. The van der Waals surface area contributed by atoms with Gasteiger partial charge in [0.15, 0.2) is 11.7 Å². The fraction of sp³-hybridized carbons (Fsp3) is 0.435. The van der Waals surface area contributed by atoms with Gasteiger partial charge in [-0.15, -0.1) is 0 Å². The first kappa shape index (κ1) is 22.5. The van der Waals surface area contributed by atoms with Crippen molar-refractivity contribution in [1.82, 2.24) is 9.46 Å². The molecule has 0 unspecified atom stereocenters. The Morgan fingerprint density at radius 2 is 1.91 bits per heavy atom. The maximum absolute atomic E-state index is 13.3. The number of ether oxygens (including phenoxy) is 2. The molecule has 0 spiro atoms. The van der Waals surface area contributed by atoms with Crippen LogP contribution < -0.4 is 9.47 Å². The molecule has 0 saturated carbocycles. The number of benzene rings is 2. The molecule has 1 fully saturated rings. The molecule has 2 aliphatic rings. The summed E-state index contributed by atoms with van der Waals surface area (Å²) in [5.74, 6) is 0.627. The highest BCUT2D eigenvalue weighted by atomic mass is 35.5. The summed E-state index contributed by atoms with van der Waals surface area (Å²) in [5, 5.41) is 16.2. The van der Waals surface area contributed by atoms with Crippen LogP contribution in [0.1, 0.15) is 44.8 Å². The summed E-state index contributed by atoms with van der Waals surface area (Å²) >= 11 is 6.03. The molecular weight excluding hydrogens is 468 g/mol. The van der Waals surface area contributed by atoms with Crippen molar-refractivity contribution in [2.24, 2.45) is 0 Å². The Kier molecular flexibility index (Phi) is 5.55. The predicted octanol–water partition coefficient (Wildman–Crippen LogP) is 4.31. The first-order valence-corrected chi connectivity index (χ1v) is 12.7. The number of aliphatic hydroxyl groups excluding tert-OH is 1. The number of aromatic nitrogens is 1. The van der Waals surface area contributed by atoms with Crippen LogP contribution in [0.3, 0.4) is 0 Å². The van der Waals surface area contributed by atoms with Crippen LogP contribution in [0, 0.1) is 0 Å². The van der Waals surface area contributed by atoms with Gasteiger partial charge in [0.05, 0.1) is 10.3 Å². The van der Waals surface area contributed by atoms with Gasteiger partial charge < -0.3 is 19.1 Å². The normalized spacial score (nSPS) is 23.2. The Labute approximate surface area is 197 Å². The quantitative estimate of drug-likeness (QED) is 0.579. The lowest BCUT2D eigenvalue weighted by Crippen LogP contribution is -2.50. The Morgan fingerprint density at radius 3 is 2.67 bits per heavy atom. The summed E-state index contributed by atoms with van der Waals surface area (Å²) in [6.07, 6.45) is 0.684. The third kappa shape index (κ3) is 3.97. The Bertz CT molecular complexity index is 1300. The molecule has 0 bridgehead atoms. The lowest BCUT2D eigenvalue weighted by molar-refractivity contribution is -0.104. The minimum Gasteiger partial charge on any atom is -0.485 e. The lowest BCUT2D eigenvalue weighted by atomic mass is 9.88. The van der Waals surface area contributed by atoms with E-state index in [4.69, 9.17) is 25.6 Å². The third-order valence-corrected chi connectivity index (χ3v) is 8.38. The van der Waals surface area contributed by atoms with Crippen LogP contribution >= 0.6 is 11.6 Å². The molecular formula is C23H25ClN2O6S. The summed E-state index contributed by atoms with van der Waals surface area (Å²) in [7, 11) is -3.67. The molecule has 10 heteroatoms. The van der Waals surface area contributed by atoms with Gasteiger partial charge in [0.2, 0.25) is 10.0 Å². The highest BCUT2D eigenvalue weighted by Crippen LogP contribution is 2.44. The van der Waals surface area contributed by atoms with E-state index in [-0.39, 0.29) is 10.8 Å². The van der Waals surface area contributed by atoms with Gasteiger partial charge in [0.1, 0.15) is 17.5 Å². The molecule has 176 valence electrons. The number of nitrogens with zero attached hydrogens (tertiary/aromatic N) is 2. The number of aliphatic hydroxyl groups is 1. The van der Waals surface area contributed by atoms with Gasteiger partial charge in [0, 0.05) is 29.7 Å². The van der Waals surface area contributed by atoms with Gasteiger partial charge in [-0.2, -0.15) is 4.31 Å². The van der Waals surface area contributed by atoms with Crippen LogP contribution in [0.25, 0.3) is 11.0 Å². The summed E-state index contributed by atoms with van der Waals surface area (Å²) in [5.41, 5.74) is -0.0988. The Hall–Kier alpha value is -2.33. The molecule has 1 aromatic heterocycles. The van der Waals surface area contributed by atoms with Crippen LogP contribution in [0.5, 0.6) is 11.6 Å². The zero-order chi connectivity index (χ0) is 23.4. The molecule has 1 saturated heterocycles. The van der Waals surface area contributed by atoms with Crippen LogP contribution in [-0.2, 0) is 10.0 Å². The Morgan fingerprint density at radius 1 is 1.15 bits per heavy atom. The summed E-state index contributed by atoms with van der Waals surface area (Å²) in [4.78, 5) is 0.143. The molecule has 3 heterocycles. The molecule has 0 aliphatic carbocycles. The maximum atomic E-state index is 13.3. The molecule has 2 atom stereocenters. The fourth-order valence-corrected chi connectivity index (χ4v) is 6.07. The first-order valence-electron chi connectivity index (χ1n) is 10.9. The van der Waals surface area contributed by atoms with E-state index in [1.807, 2.05) is 0 Å². The predicted molar refractivity (Wildman–Crippen MR) is 122 cm³/mol. The van der Waals surface area contributed by atoms with E-state index in [1.165, 1.54) is 10.4 Å². The molecule has 2 aromatic carbocycles. The van der Waals surface area contributed by atoms with Crippen molar-refractivity contribution in [1.29, 1.82) is 0 Å². The van der Waals surface area contributed by atoms with Gasteiger partial charge in [-0.1, -0.05) is 18.0 Å². The van der Waals surface area contributed by atoms with E-state index in [0.29, 0.717) is 40.4 Å². The minimum absolute atomic E-state index is 0.143. The zero-order valence-electron chi connectivity index (χ0n) is 18.3. The number of hydrogen-bond acceptors (Lipinski definition) is 7. The molecule has 8 nitrogen and oxygen atoms in total. The highest BCUT2D eigenvalue weighted by Gasteiger charge is 2.45. The van der Waals surface area contributed by atoms with Crippen LogP contribution in [0.15, 0.2) is 45.8 Å². The second kappa shape index (κ2) is 8.16. The van der Waals surface area contributed by atoms with Crippen molar-refractivity contribution < 1.29 is 27.5 Å². The van der Waals surface area contributed by atoms with Crippen LogP contribution in [0.2, 0.25) is 5.02 Å². The van der Waals surface area contributed by atoms with Gasteiger partial charge in [-0.05, 0) is 62.2 Å². The minimum atomic E-state index is -3.67. The van der Waals surface area contributed by atoms with Crippen molar-refractivity contribution in [2.75, 3.05) is 13.1 Å². The summed E-state index contributed by atoms with van der Waals surface area (Å²) < 4.78 is 45.5. The fourth-order valence-electron chi connectivity index (χ4n) is 4.36. The van der Waals surface area contributed by atoms with Gasteiger partial charge in [-0.3, -0.25) is 0 Å². The van der Waals surface area contributed by atoms with Gasteiger partial charge >= 0.3 is 0 Å². The second-order valence-electron chi connectivity index (χ2n) is 8.98. The number of fused-ring (bicyclic) bond motifs is 2. The average molecular weight is 493 g/mol. The molecule has 0 radical (unpaired) electrons. The number of piperidine rings is 1. The van der Waals surface area contributed by atoms with Crippen molar-refractivity contribution >= 4 is 32.6 Å². The zero-order valence-corrected chi connectivity index (χ0v) is 19.9. The molecule has 1 N–H and O–H groups in total. The van der Waals surface area contributed by atoms with E-state index in [2.05, 4.69) is 5.16 Å². The highest BCUT2D eigenvalue weighted by molar-refractivity contribution is 7.89. The third-order valence-electron chi connectivity index (χ3n) is 6.25. The second-order valence-corrected chi connectivity index (χ2v) is 11.4. The van der Waals surface area contributed by atoms with Gasteiger partial charge in [0.25, 0.3) is 5.88 Å².